The van der Waals surface area contributed by atoms with E-state index < -0.39 is 9.84 Å². The molecule has 7 heteroatoms. The molecule has 0 spiro atoms. The molecule has 2 N–H and O–H groups in total. The van der Waals surface area contributed by atoms with Crippen LogP contribution in [0.5, 0.6) is 0 Å². The maximum atomic E-state index is 11.1. The van der Waals surface area contributed by atoms with Crippen LogP contribution in [0.4, 0.5) is 11.4 Å². The average Bonchev–Trinajstić information content (AvgIpc) is 2.15. The fourth-order valence-corrected chi connectivity index (χ4v) is 1.76. The highest BCUT2D eigenvalue weighted by atomic mass is 32.2. The van der Waals surface area contributed by atoms with Crippen LogP contribution in [0, 0.1) is 4.91 Å². The standard InChI is InChI=1S/C7H8N2O4S/c1-14(12,13)7-3-2-5(8-10)4-6(7)9-11/h2-4,8,10H,1H3. The highest BCUT2D eigenvalue weighted by Gasteiger charge is 2.14. The Hall–Kier alpha value is -1.47. The molecule has 0 bridgehead atoms. The van der Waals surface area contributed by atoms with E-state index in [1.807, 2.05) is 0 Å². The third-order valence-electron chi connectivity index (χ3n) is 1.59. The van der Waals surface area contributed by atoms with Crippen molar-refractivity contribution in [2.75, 3.05) is 11.7 Å². The summed E-state index contributed by atoms with van der Waals surface area (Å²) in [6.07, 6.45) is 0.975. The van der Waals surface area contributed by atoms with Crippen LogP contribution < -0.4 is 5.48 Å². The zero-order chi connectivity index (χ0) is 10.8. The Morgan fingerprint density at radius 3 is 2.50 bits per heavy atom. The smallest absolute Gasteiger partial charge is 0.177 e. The first-order chi connectivity index (χ1) is 6.49. The van der Waals surface area contributed by atoms with Crippen LogP contribution in [0.2, 0.25) is 0 Å². The Bertz CT molecular complexity index is 455. The first kappa shape index (κ1) is 10.6. The number of hydrogen-bond acceptors (Lipinski definition) is 6. The summed E-state index contributed by atoms with van der Waals surface area (Å²) < 4.78 is 22.3. The van der Waals surface area contributed by atoms with Crippen molar-refractivity contribution in [2.45, 2.75) is 4.90 Å². The molecule has 0 aliphatic carbocycles. The summed E-state index contributed by atoms with van der Waals surface area (Å²) in [5.41, 5.74) is 1.76. The number of hydrogen-bond donors (Lipinski definition) is 2. The predicted octanol–water partition coefficient (Wildman–Crippen LogP) is 1.29. The molecule has 0 fully saturated rings. The van der Waals surface area contributed by atoms with Gasteiger partial charge in [0.25, 0.3) is 0 Å². The van der Waals surface area contributed by atoms with Gasteiger partial charge in [0.05, 0.1) is 10.6 Å². The van der Waals surface area contributed by atoms with E-state index in [0.29, 0.717) is 0 Å². The normalized spacial score (nSPS) is 11.0. The van der Waals surface area contributed by atoms with Gasteiger partial charge < -0.3 is 0 Å². The quantitative estimate of drug-likeness (QED) is 0.586. The van der Waals surface area contributed by atoms with Crippen molar-refractivity contribution in [3.8, 4) is 0 Å². The Morgan fingerprint density at radius 1 is 1.43 bits per heavy atom. The number of nitrogens with one attached hydrogen (secondary N) is 1. The van der Waals surface area contributed by atoms with Crippen LogP contribution >= 0.6 is 0 Å². The number of sulfone groups is 1. The van der Waals surface area contributed by atoms with Crippen molar-refractivity contribution in [1.82, 2.24) is 0 Å². The lowest BCUT2D eigenvalue weighted by Gasteiger charge is -2.03. The Morgan fingerprint density at radius 2 is 2.07 bits per heavy atom. The minimum atomic E-state index is -3.47. The highest BCUT2D eigenvalue weighted by molar-refractivity contribution is 7.90. The van der Waals surface area contributed by atoms with Gasteiger partial charge in [0, 0.05) is 6.26 Å². The van der Waals surface area contributed by atoms with Gasteiger partial charge in [-0.3, -0.25) is 10.7 Å². The van der Waals surface area contributed by atoms with E-state index in [9.17, 15) is 13.3 Å². The molecule has 1 aromatic carbocycles. The van der Waals surface area contributed by atoms with E-state index in [-0.39, 0.29) is 16.3 Å². The highest BCUT2D eigenvalue weighted by Crippen LogP contribution is 2.27. The Balaban J connectivity index is 3.40. The molecule has 1 rings (SSSR count). The van der Waals surface area contributed by atoms with Gasteiger partial charge in [0.2, 0.25) is 0 Å². The van der Waals surface area contributed by atoms with Crippen LogP contribution in [-0.2, 0) is 9.84 Å². The van der Waals surface area contributed by atoms with Crippen LogP contribution in [0.3, 0.4) is 0 Å². The van der Waals surface area contributed by atoms with Gasteiger partial charge in [-0.25, -0.2) is 8.42 Å². The summed E-state index contributed by atoms with van der Waals surface area (Å²) in [4.78, 5) is 10.2. The topological polar surface area (TPSA) is 95.8 Å². The zero-order valence-electron chi connectivity index (χ0n) is 7.26. The lowest BCUT2D eigenvalue weighted by atomic mass is 10.3. The molecule has 0 aliphatic rings. The lowest BCUT2D eigenvalue weighted by Crippen LogP contribution is -1.98. The van der Waals surface area contributed by atoms with E-state index in [0.717, 1.165) is 12.3 Å². The second-order valence-electron chi connectivity index (χ2n) is 2.66. The van der Waals surface area contributed by atoms with Gasteiger partial charge in [-0.15, -0.1) is 4.91 Å². The molecule has 0 aromatic heterocycles. The number of benzene rings is 1. The SMILES string of the molecule is CS(=O)(=O)c1ccc(NO)cc1N=O. The van der Waals surface area contributed by atoms with Gasteiger partial charge in [0.15, 0.2) is 9.84 Å². The molecular formula is C7H8N2O4S. The first-order valence-corrected chi connectivity index (χ1v) is 5.45. The molecule has 0 aliphatic heterocycles. The number of nitroso groups, excluding NO2 is 1. The maximum absolute atomic E-state index is 11.1. The van der Waals surface area contributed by atoms with E-state index >= 15 is 0 Å². The Labute approximate surface area is 80.4 Å². The van der Waals surface area contributed by atoms with E-state index in [1.54, 1.807) is 5.48 Å². The van der Waals surface area contributed by atoms with Gasteiger partial charge in [-0.05, 0) is 23.4 Å². The molecule has 0 saturated heterocycles. The average molecular weight is 216 g/mol. The molecule has 1 aromatic rings. The summed E-state index contributed by atoms with van der Waals surface area (Å²) in [5.74, 6) is 0. The fraction of sp³-hybridized carbons (Fsp3) is 0.143. The molecule has 0 amide bonds. The minimum Gasteiger partial charge on any atom is -0.291 e. The summed E-state index contributed by atoms with van der Waals surface area (Å²) in [5, 5.41) is 11.1. The molecular weight excluding hydrogens is 208 g/mol. The molecule has 0 unspecified atom stereocenters. The van der Waals surface area contributed by atoms with Gasteiger partial charge in [-0.1, -0.05) is 0 Å². The number of anilines is 1. The lowest BCUT2D eigenvalue weighted by molar-refractivity contribution is 0.389. The van der Waals surface area contributed by atoms with Gasteiger partial charge in [-0.2, -0.15) is 0 Å². The van der Waals surface area contributed by atoms with Crippen molar-refractivity contribution in [1.29, 1.82) is 0 Å². The van der Waals surface area contributed by atoms with Crippen molar-refractivity contribution >= 4 is 21.2 Å². The monoisotopic (exact) mass is 216 g/mol. The molecule has 14 heavy (non-hydrogen) atoms. The number of rotatable bonds is 3. The third-order valence-corrected chi connectivity index (χ3v) is 2.73. The molecule has 0 atom stereocenters. The Kier molecular flexibility index (Phi) is 2.82. The van der Waals surface area contributed by atoms with Crippen molar-refractivity contribution in [3.05, 3.63) is 23.1 Å². The molecule has 76 valence electrons. The van der Waals surface area contributed by atoms with E-state index in [4.69, 9.17) is 5.21 Å². The van der Waals surface area contributed by atoms with Gasteiger partial charge in [0.1, 0.15) is 5.69 Å². The molecule has 0 saturated carbocycles. The maximum Gasteiger partial charge on any atom is 0.177 e. The van der Waals surface area contributed by atoms with Crippen LogP contribution in [0.1, 0.15) is 0 Å². The fourth-order valence-electron chi connectivity index (χ4n) is 0.972. The summed E-state index contributed by atoms with van der Waals surface area (Å²) in [6, 6.07) is 3.67. The second-order valence-corrected chi connectivity index (χ2v) is 4.64. The number of nitrogens with zero attached hydrogens (tertiary/aromatic N) is 1. The zero-order valence-corrected chi connectivity index (χ0v) is 8.08. The molecule has 0 heterocycles. The van der Waals surface area contributed by atoms with Crippen LogP contribution in [0.25, 0.3) is 0 Å². The first-order valence-electron chi connectivity index (χ1n) is 3.56. The van der Waals surface area contributed by atoms with Crippen molar-refractivity contribution < 1.29 is 13.6 Å². The van der Waals surface area contributed by atoms with E-state index in [1.165, 1.54) is 12.1 Å². The van der Waals surface area contributed by atoms with Crippen LogP contribution in [-0.4, -0.2) is 19.9 Å². The predicted molar refractivity (Wildman–Crippen MR) is 50.4 cm³/mol. The van der Waals surface area contributed by atoms with Crippen molar-refractivity contribution in [2.24, 2.45) is 5.18 Å². The van der Waals surface area contributed by atoms with Gasteiger partial charge >= 0.3 is 0 Å². The summed E-state index contributed by atoms with van der Waals surface area (Å²) in [7, 11) is -3.47. The van der Waals surface area contributed by atoms with Crippen molar-refractivity contribution in [3.63, 3.8) is 0 Å². The largest absolute Gasteiger partial charge is 0.291 e. The second kappa shape index (κ2) is 3.72. The minimum absolute atomic E-state index is 0.161. The summed E-state index contributed by atoms with van der Waals surface area (Å²) >= 11 is 0. The third kappa shape index (κ3) is 2.06. The molecule has 0 radical (unpaired) electrons. The summed E-state index contributed by atoms with van der Waals surface area (Å²) in [6.45, 7) is 0. The molecule has 6 nitrogen and oxygen atoms in total. The van der Waals surface area contributed by atoms with Crippen LogP contribution in [0.15, 0.2) is 28.3 Å². The van der Waals surface area contributed by atoms with E-state index in [2.05, 4.69) is 5.18 Å².